The van der Waals surface area contributed by atoms with Crippen LogP contribution in [0.2, 0.25) is 0 Å². The summed E-state index contributed by atoms with van der Waals surface area (Å²) in [7, 11) is 0. The molecule has 152 valence electrons. The second-order valence-electron chi connectivity index (χ2n) is 7.45. The number of carbonyl (C=O) groups excluding carboxylic acids is 1. The van der Waals surface area contributed by atoms with Crippen molar-refractivity contribution in [1.82, 2.24) is 14.1 Å². The number of allylic oxidation sites excluding steroid dienone is 1. The zero-order valence-corrected chi connectivity index (χ0v) is 18.4. The minimum absolute atomic E-state index is 0.117. The molecule has 30 heavy (non-hydrogen) atoms. The maximum atomic E-state index is 13.0. The Labute approximate surface area is 181 Å². The summed E-state index contributed by atoms with van der Waals surface area (Å²) in [6, 6.07) is 18.4. The molecule has 0 aliphatic carbocycles. The Morgan fingerprint density at radius 3 is 2.67 bits per heavy atom. The van der Waals surface area contributed by atoms with E-state index in [2.05, 4.69) is 46.9 Å². The molecule has 0 aliphatic rings. The van der Waals surface area contributed by atoms with E-state index in [0.29, 0.717) is 12.3 Å². The van der Waals surface area contributed by atoms with Crippen molar-refractivity contribution in [2.24, 2.45) is 0 Å². The van der Waals surface area contributed by atoms with Gasteiger partial charge in [-0.25, -0.2) is 4.98 Å². The van der Waals surface area contributed by atoms with Gasteiger partial charge in [-0.2, -0.15) is 0 Å². The summed E-state index contributed by atoms with van der Waals surface area (Å²) in [5.41, 5.74) is 7.06. The lowest BCUT2D eigenvalue weighted by Crippen LogP contribution is -2.07. The first-order valence-electron chi connectivity index (χ1n) is 9.97. The molecule has 0 amide bonds. The van der Waals surface area contributed by atoms with Gasteiger partial charge in [-0.1, -0.05) is 42.1 Å². The highest BCUT2D eigenvalue weighted by molar-refractivity contribution is 7.99. The average Bonchev–Trinajstić information content (AvgIpc) is 3.24. The van der Waals surface area contributed by atoms with Crippen molar-refractivity contribution in [2.75, 3.05) is 5.75 Å². The van der Waals surface area contributed by atoms with Gasteiger partial charge in [0.2, 0.25) is 0 Å². The van der Waals surface area contributed by atoms with Crippen LogP contribution in [0.25, 0.3) is 16.7 Å². The molecule has 4 nitrogen and oxygen atoms in total. The van der Waals surface area contributed by atoms with Crippen LogP contribution in [0.3, 0.4) is 0 Å². The number of carbonyl (C=O) groups is 1. The highest BCUT2D eigenvalue weighted by Crippen LogP contribution is 2.29. The van der Waals surface area contributed by atoms with Gasteiger partial charge >= 0.3 is 0 Å². The van der Waals surface area contributed by atoms with Gasteiger partial charge in [-0.05, 0) is 56.7 Å². The van der Waals surface area contributed by atoms with E-state index >= 15 is 0 Å². The average molecular weight is 416 g/mol. The predicted molar refractivity (Wildman–Crippen MR) is 125 cm³/mol. The molecule has 0 N–H and O–H groups in total. The molecular formula is C25H25N3OS. The normalized spacial score (nSPS) is 11.2. The second kappa shape index (κ2) is 8.36. The summed E-state index contributed by atoms with van der Waals surface area (Å²) in [6.07, 6.45) is 1.85. The Bertz CT molecular complexity index is 1250. The molecule has 4 rings (SSSR count). The van der Waals surface area contributed by atoms with Crippen molar-refractivity contribution >= 4 is 28.6 Å². The number of rotatable bonds is 7. The standard InChI is InChI=1S/C25H25N3OS/c1-5-13-27-18(3)15-21(19(27)4)24(29)16-30-25-26-22-11-6-7-12-23(22)28(25)20-10-8-9-17(2)14-20/h5-12,14-15H,1,13,16H2,2-4H3. The molecule has 0 atom stereocenters. The van der Waals surface area contributed by atoms with Crippen molar-refractivity contribution in [3.63, 3.8) is 0 Å². The number of thioether (sulfide) groups is 1. The fraction of sp³-hybridized carbons (Fsp3) is 0.200. The van der Waals surface area contributed by atoms with E-state index < -0.39 is 0 Å². The molecule has 0 spiro atoms. The maximum Gasteiger partial charge on any atom is 0.175 e. The monoisotopic (exact) mass is 415 g/mol. The number of hydrogen-bond donors (Lipinski definition) is 0. The molecule has 2 aromatic carbocycles. The molecule has 2 aromatic heterocycles. The summed E-state index contributed by atoms with van der Waals surface area (Å²) < 4.78 is 4.26. The summed E-state index contributed by atoms with van der Waals surface area (Å²) in [5, 5.41) is 0.829. The third-order valence-electron chi connectivity index (χ3n) is 5.31. The van der Waals surface area contributed by atoms with E-state index in [1.807, 2.05) is 50.3 Å². The number of imidazole rings is 1. The largest absolute Gasteiger partial charge is 0.345 e. The lowest BCUT2D eigenvalue weighted by molar-refractivity contribution is 0.102. The van der Waals surface area contributed by atoms with Crippen LogP contribution >= 0.6 is 11.8 Å². The molecule has 5 heteroatoms. The molecule has 0 saturated heterocycles. The number of fused-ring (bicyclic) bond motifs is 1. The van der Waals surface area contributed by atoms with Gasteiger partial charge in [-0.15, -0.1) is 6.58 Å². The molecule has 0 fully saturated rings. The molecule has 0 unspecified atom stereocenters. The van der Waals surface area contributed by atoms with Crippen LogP contribution in [0.4, 0.5) is 0 Å². The van der Waals surface area contributed by atoms with Crippen LogP contribution < -0.4 is 0 Å². The van der Waals surface area contributed by atoms with Gasteiger partial charge in [0.15, 0.2) is 10.9 Å². The maximum absolute atomic E-state index is 13.0. The number of Topliss-reactive ketones (excluding diaryl/α,β-unsaturated/α-hetero) is 1. The molecule has 0 radical (unpaired) electrons. The van der Waals surface area contributed by atoms with Gasteiger partial charge in [0.25, 0.3) is 0 Å². The smallest absolute Gasteiger partial charge is 0.175 e. The lowest BCUT2D eigenvalue weighted by Gasteiger charge is -2.10. The molecule has 0 saturated carbocycles. The highest BCUT2D eigenvalue weighted by atomic mass is 32.2. The number of para-hydroxylation sites is 2. The van der Waals surface area contributed by atoms with Crippen LogP contribution in [0.5, 0.6) is 0 Å². The quantitative estimate of drug-likeness (QED) is 0.214. The first kappa shape index (κ1) is 20.2. The second-order valence-corrected chi connectivity index (χ2v) is 8.40. The van der Waals surface area contributed by atoms with Crippen LogP contribution in [-0.2, 0) is 6.54 Å². The van der Waals surface area contributed by atoms with Crippen molar-refractivity contribution in [3.8, 4) is 5.69 Å². The van der Waals surface area contributed by atoms with Gasteiger partial charge in [0.05, 0.1) is 16.8 Å². The van der Waals surface area contributed by atoms with Gasteiger partial charge in [0.1, 0.15) is 0 Å². The fourth-order valence-corrected chi connectivity index (χ4v) is 4.73. The molecule has 2 heterocycles. The lowest BCUT2D eigenvalue weighted by atomic mass is 10.2. The van der Waals surface area contributed by atoms with Crippen molar-refractivity contribution in [1.29, 1.82) is 0 Å². The van der Waals surface area contributed by atoms with Crippen LogP contribution in [0, 0.1) is 20.8 Å². The Hall–Kier alpha value is -3.05. The number of benzene rings is 2. The van der Waals surface area contributed by atoms with E-state index in [1.54, 1.807) is 0 Å². The number of aromatic nitrogens is 3. The minimum atomic E-state index is 0.117. The van der Waals surface area contributed by atoms with Gasteiger partial charge in [-0.3, -0.25) is 9.36 Å². The Morgan fingerprint density at radius 2 is 1.90 bits per heavy atom. The van der Waals surface area contributed by atoms with E-state index in [-0.39, 0.29) is 5.78 Å². The number of nitrogens with zero attached hydrogens (tertiary/aromatic N) is 3. The van der Waals surface area contributed by atoms with E-state index in [1.165, 1.54) is 17.3 Å². The van der Waals surface area contributed by atoms with E-state index in [9.17, 15) is 4.79 Å². The number of hydrogen-bond acceptors (Lipinski definition) is 3. The topological polar surface area (TPSA) is 39.8 Å². The third kappa shape index (κ3) is 3.73. The Morgan fingerprint density at radius 1 is 1.10 bits per heavy atom. The Balaban J connectivity index is 1.67. The van der Waals surface area contributed by atoms with Crippen LogP contribution in [-0.4, -0.2) is 25.7 Å². The van der Waals surface area contributed by atoms with Crippen molar-refractivity contribution in [2.45, 2.75) is 32.5 Å². The van der Waals surface area contributed by atoms with Crippen molar-refractivity contribution in [3.05, 3.63) is 89.8 Å². The summed E-state index contributed by atoms with van der Waals surface area (Å²) >= 11 is 1.49. The number of ketones is 1. The van der Waals surface area contributed by atoms with Crippen LogP contribution in [0.15, 0.2) is 72.4 Å². The zero-order valence-electron chi connectivity index (χ0n) is 17.6. The molecule has 0 bridgehead atoms. The first-order valence-corrected chi connectivity index (χ1v) is 11.0. The molecule has 4 aromatic rings. The predicted octanol–water partition coefficient (Wildman–Crippen LogP) is 5.91. The van der Waals surface area contributed by atoms with E-state index in [0.717, 1.165) is 38.8 Å². The first-order chi connectivity index (χ1) is 14.5. The fourth-order valence-electron chi connectivity index (χ4n) is 3.82. The summed E-state index contributed by atoms with van der Waals surface area (Å²) in [5.74, 6) is 0.458. The van der Waals surface area contributed by atoms with Gasteiger partial charge in [0, 0.05) is 29.2 Å². The van der Waals surface area contributed by atoms with Crippen LogP contribution in [0.1, 0.15) is 27.3 Å². The molecular weight excluding hydrogens is 390 g/mol. The molecule has 0 aliphatic heterocycles. The van der Waals surface area contributed by atoms with E-state index in [4.69, 9.17) is 4.98 Å². The summed E-state index contributed by atoms with van der Waals surface area (Å²) in [6.45, 7) is 10.6. The highest BCUT2D eigenvalue weighted by Gasteiger charge is 2.18. The zero-order chi connectivity index (χ0) is 21.3. The SMILES string of the molecule is C=CCn1c(C)cc(C(=O)CSc2nc3ccccc3n2-c2cccc(C)c2)c1C. The summed E-state index contributed by atoms with van der Waals surface area (Å²) in [4.78, 5) is 17.8. The number of aryl methyl sites for hydroxylation is 2. The third-order valence-corrected chi connectivity index (χ3v) is 6.25. The minimum Gasteiger partial charge on any atom is -0.345 e. The van der Waals surface area contributed by atoms with Gasteiger partial charge < -0.3 is 4.57 Å². The van der Waals surface area contributed by atoms with Crippen molar-refractivity contribution < 1.29 is 4.79 Å². The Kier molecular flexibility index (Phi) is 5.64.